The number of nitrogens with one attached hydrogen (secondary N) is 1. The molecule has 0 unspecified atom stereocenters. The fourth-order valence-electron chi connectivity index (χ4n) is 5.21. The van der Waals surface area contributed by atoms with E-state index in [2.05, 4.69) is 42.1 Å². The van der Waals surface area contributed by atoms with Gasteiger partial charge in [0.1, 0.15) is 12.4 Å². The van der Waals surface area contributed by atoms with E-state index in [4.69, 9.17) is 9.47 Å². The Hall–Kier alpha value is -4.58. The summed E-state index contributed by atoms with van der Waals surface area (Å²) in [5.74, 6) is 1.11. The smallest absolute Gasteiger partial charge is 0.220 e. The number of ether oxygens (including phenoxy) is 2. The summed E-state index contributed by atoms with van der Waals surface area (Å²) >= 11 is 0. The highest BCUT2D eigenvalue weighted by molar-refractivity contribution is 5.87. The number of carbonyl (C=O) groups is 1. The second-order valence-corrected chi connectivity index (χ2v) is 11.0. The highest BCUT2D eigenvalue weighted by Crippen LogP contribution is 2.39. The molecule has 5 aromatic rings. The zero-order valence-electron chi connectivity index (χ0n) is 24.3. The lowest BCUT2D eigenvalue weighted by molar-refractivity contribution is -0.121. The Morgan fingerprint density at radius 1 is 0.881 bits per heavy atom. The molecular weight excluding hydrogens is 527 g/mol. The largest absolute Gasteiger partial charge is 0.493 e. The van der Waals surface area contributed by atoms with Crippen LogP contribution in [0.1, 0.15) is 48.4 Å². The molecular formula is C36H37FN2O3. The Balaban J connectivity index is 1.55. The molecule has 1 N–H and O–H groups in total. The molecule has 1 aromatic heterocycles. The van der Waals surface area contributed by atoms with Gasteiger partial charge >= 0.3 is 0 Å². The molecule has 6 heteroatoms. The fourth-order valence-corrected chi connectivity index (χ4v) is 5.21. The van der Waals surface area contributed by atoms with Crippen molar-refractivity contribution in [3.05, 3.63) is 131 Å². The normalized spacial score (nSPS) is 11.9. The van der Waals surface area contributed by atoms with Gasteiger partial charge in [0, 0.05) is 42.5 Å². The lowest BCUT2D eigenvalue weighted by atomic mass is 9.87. The third kappa shape index (κ3) is 7.00. The number of para-hydroxylation sites is 1. The molecule has 5 nitrogen and oxygen atoms in total. The standard InChI is InChI=1S/C36H37FN2O3/c1-25(2)21-38-36(40)20-31(28-15-18-34(41-3)35(19-28)42-24-27-9-5-4-6-10-27)32-23-39(33-12-8-7-11-30(32)33)22-26-13-16-29(37)17-14-26/h4-19,23,25,31H,20-22,24H2,1-3H3,(H,38,40)/t31-/m0/s1. The summed E-state index contributed by atoms with van der Waals surface area (Å²) in [5.41, 5.74) is 5.11. The minimum absolute atomic E-state index is 0.00774. The maximum Gasteiger partial charge on any atom is 0.220 e. The van der Waals surface area contributed by atoms with E-state index < -0.39 is 0 Å². The van der Waals surface area contributed by atoms with Crippen LogP contribution in [-0.2, 0) is 17.9 Å². The van der Waals surface area contributed by atoms with Gasteiger partial charge in [-0.25, -0.2) is 4.39 Å². The quantitative estimate of drug-likeness (QED) is 0.169. The number of nitrogens with zero attached hydrogens (tertiary/aromatic N) is 1. The first-order valence-electron chi connectivity index (χ1n) is 14.3. The van der Waals surface area contributed by atoms with Gasteiger partial charge in [-0.15, -0.1) is 0 Å². The van der Waals surface area contributed by atoms with Crippen LogP contribution in [0.4, 0.5) is 4.39 Å². The number of halogens is 1. The molecule has 42 heavy (non-hydrogen) atoms. The van der Waals surface area contributed by atoms with Gasteiger partial charge in [0.25, 0.3) is 0 Å². The molecule has 1 amide bonds. The second-order valence-electron chi connectivity index (χ2n) is 11.0. The average molecular weight is 565 g/mol. The van der Waals surface area contributed by atoms with E-state index in [1.807, 2.05) is 60.7 Å². The second kappa shape index (κ2) is 13.4. The molecule has 0 bridgehead atoms. The maximum absolute atomic E-state index is 13.6. The number of hydrogen-bond acceptors (Lipinski definition) is 3. The highest BCUT2D eigenvalue weighted by atomic mass is 19.1. The van der Waals surface area contributed by atoms with Crippen LogP contribution < -0.4 is 14.8 Å². The van der Waals surface area contributed by atoms with Crippen molar-refractivity contribution in [1.29, 1.82) is 0 Å². The molecule has 0 spiro atoms. The molecule has 0 radical (unpaired) electrons. The van der Waals surface area contributed by atoms with Crippen LogP contribution in [0.3, 0.4) is 0 Å². The number of aromatic nitrogens is 1. The maximum atomic E-state index is 13.6. The minimum atomic E-state index is -0.255. The van der Waals surface area contributed by atoms with Gasteiger partial charge in [-0.1, -0.05) is 80.6 Å². The summed E-state index contributed by atoms with van der Waals surface area (Å²) in [5, 5.41) is 4.17. The van der Waals surface area contributed by atoms with Crippen molar-refractivity contribution in [2.75, 3.05) is 13.7 Å². The minimum Gasteiger partial charge on any atom is -0.493 e. The first-order valence-corrected chi connectivity index (χ1v) is 14.3. The number of fused-ring (bicyclic) bond motifs is 1. The third-order valence-electron chi connectivity index (χ3n) is 7.39. The van der Waals surface area contributed by atoms with E-state index in [1.54, 1.807) is 19.2 Å². The van der Waals surface area contributed by atoms with Crippen molar-refractivity contribution in [2.45, 2.75) is 39.3 Å². The summed E-state index contributed by atoms with van der Waals surface area (Å²) in [6, 6.07) is 30.7. The molecule has 216 valence electrons. The first kappa shape index (κ1) is 28.9. The predicted octanol–water partition coefficient (Wildman–Crippen LogP) is 7.71. The summed E-state index contributed by atoms with van der Waals surface area (Å²) in [6.45, 7) is 5.77. The van der Waals surface area contributed by atoms with Gasteiger partial charge in [-0.05, 0) is 58.5 Å². The number of benzene rings is 4. The SMILES string of the molecule is COc1ccc([C@H](CC(=O)NCC(C)C)c2cn(Cc3ccc(F)cc3)c3ccccc23)cc1OCc1ccccc1. The van der Waals surface area contributed by atoms with E-state index in [-0.39, 0.29) is 24.1 Å². The molecule has 1 heterocycles. The molecule has 0 aliphatic rings. The van der Waals surface area contributed by atoms with Crippen LogP contribution in [0, 0.1) is 11.7 Å². The lowest BCUT2D eigenvalue weighted by Crippen LogP contribution is -2.28. The number of hydrogen-bond donors (Lipinski definition) is 1. The Morgan fingerprint density at radius 3 is 2.36 bits per heavy atom. The highest BCUT2D eigenvalue weighted by Gasteiger charge is 2.24. The Morgan fingerprint density at radius 2 is 1.62 bits per heavy atom. The zero-order valence-corrected chi connectivity index (χ0v) is 24.3. The van der Waals surface area contributed by atoms with E-state index in [0.717, 1.165) is 33.2 Å². The van der Waals surface area contributed by atoms with Gasteiger partial charge in [-0.2, -0.15) is 0 Å². The van der Waals surface area contributed by atoms with E-state index in [0.29, 0.717) is 37.1 Å². The van der Waals surface area contributed by atoms with Crippen molar-refractivity contribution in [1.82, 2.24) is 9.88 Å². The molecule has 5 rings (SSSR count). The number of rotatable bonds is 12. The summed E-state index contributed by atoms with van der Waals surface area (Å²) in [4.78, 5) is 13.3. The fraction of sp³-hybridized carbons (Fsp3) is 0.250. The monoisotopic (exact) mass is 564 g/mol. The van der Waals surface area contributed by atoms with Gasteiger partial charge in [-0.3, -0.25) is 4.79 Å². The van der Waals surface area contributed by atoms with Crippen LogP contribution in [0.15, 0.2) is 103 Å². The summed E-state index contributed by atoms with van der Waals surface area (Å²) in [7, 11) is 1.63. The molecule has 0 fully saturated rings. The third-order valence-corrected chi connectivity index (χ3v) is 7.39. The topological polar surface area (TPSA) is 52.5 Å². The average Bonchev–Trinajstić information content (AvgIpc) is 3.37. The number of carbonyl (C=O) groups excluding carboxylic acids is 1. The molecule has 0 aliphatic carbocycles. The van der Waals surface area contributed by atoms with Crippen LogP contribution >= 0.6 is 0 Å². The van der Waals surface area contributed by atoms with Crippen molar-refractivity contribution in [3.8, 4) is 11.5 Å². The molecule has 0 saturated carbocycles. The summed E-state index contributed by atoms with van der Waals surface area (Å²) < 4.78 is 27.6. The molecule has 0 aliphatic heterocycles. The van der Waals surface area contributed by atoms with E-state index >= 15 is 0 Å². The number of methoxy groups -OCH3 is 1. The van der Waals surface area contributed by atoms with Gasteiger partial charge in [0.05, 0.1) is 7.11 Å². The molecule has 4 aromatic carbocycles. The predicted molar refractivity (Wildman–Crippen MR) is 166 cm³/mol. The lowest BCUT2D eigenvalue weighted by Gasteiger charge is -2.20. The molecule has 1 atom stereocenters. The first-order chi connectivity index (χ1) is 20.4. The Bertz CT molecular complexity index is 1630. The number of amides is 1. The van der Waals surface area contributed by atoms with Crippen LogP contribution in [-0.4, -0.2) is 24.1 Å². The van der Waals surface area contributed by atoms with E-state index in [1.165, 1.54) is 12.1 Å². The van der Waals surface area contributed by atoms with Crippen molar-refractivity contribution in [2.24, 2.45) is 5.92 Å². The van der Waals surface area contributed by atoms with Gasteiger partial charge < -0.3 is 19.4 Å². The van der Waals surface area contributed by atoms with Crippen molar-refractivity contribution < 1.29 is 18.7 Å². The summed E-state index contributed by atoms with van der Waals surface area (Å²) in [6.07, 6.45) is 2.41. The van der Waals surface area contributed by atoms with Crippen LogP contribution in [0.5, 0.6) is 11.5 Å². The zero-order chi connectivity index (χ0) is 29.5. The van der Waals surface area contributed by atoms with Crippen molar-refractivity contribution in [3.63, 3.8) is 0 Å². The van der Waals surface area contributed by atoms with E-state index in [9.17, 15) is 9.18 Å². The van der Waals surface area contributed by atoms with Crippen molar-refractivity contribution >= 4 is 16.8 Å². The van der Waals surface area contributed by atoms with Crippen LogP contribution in [0.25, 0.3) is 10.9 Å². The Labute approximate surface area is 246 Å². The molecule has 0 saturated heterocycles. The van der Waals surface area contributed by atoms with Gasteiger partial charge in [0.2, 0.25) is 5.91 Å². The Kier molecular flexibility index (Phi) is 9.22. The van der Waals surface area contributed by atoms with Gasteiger partial charge in [0.15, 0.2) is 11.5 Å². The van der Waals surface area contributed by atoms with Crippen LogP contribution in [0.2, 0.25) is 0 Å².